The molecule has 0 saturated carbocycles. The number of benzene rings is 1. The van der Waals surface area contributed by atoms with E-state index < -0.39 is 12.6 Å². The van der Waals surface area contributed by atoms with E-state index in [9.17, 15) is 13.6 Å². The number of nitrogens with zero attached hydrogens (tertiary/aromatic N) is 1. The first kappa shape index (κ1) is 15.9. The van der Waals surface area contributed by atoms with Gasteiger partial charge in [0.15, 0.2) is 0 Å². The second-order valence-electron chi connectivity index (χ2n) is 3.94. The van der Waals surface area contributed by atoms with Gasteiger partial charge < -0.3 is 9.47 Å². The van der Waals surface area contributed by atoms with Gasteiger partial charge in [-0.25, -0.2) is 0 Å². The number of carbonyl (C=O) groups is 1. The normalized spacial score (nSPS) is 10.2. The van der Waals surface area contributed by atoms with Gasteiger partial charge in [0, 0.05) is 5.56 Å². The first-order chi connectivity index (χ1) is 9.51. The lowest BCUT2D eigenvalue weighted by Gasteiger charge is -2.13. The molecule has 0 amide bonds. The van der Waals surface area contributed by atoms with Crippen molar-refractivity contribution in [2.24, 2.45) is 0 Å². The van der Waals surface area contributed by atoms with E-state index in [1.807, 2.05) is 13.0 Å². The maximum Gasteiger partial charge on any atom is 0.387 e. The molecule has 0 bridgehead atoms. The summed E-state index contributed by atoms with van der Waals surface area (Å²) in [5, 5.41) is 8.98. The van der Waals surface area contributed by atoms with Crippen LogP contribution in [0, 0.1) is 11.3 Å². The molecule has 108 valence electrons. The summed E-state index contributed by atoms with van der Waals surface area (Å²) in [6, 6.07) is 4.70. The summed E-state index contributed by atoms with van der Waals surface area (Å²) in [4.78, 5) is 11.5. The molecule has 0 spiro atoms. The van der Waals surface area contributed by atoms with Gasteiger partial charge in [0.2, 0.25) is 0 Å². The molecule has 0 radical (unpaired) electrons. The van der Waals surface area contributed by atoms with E-state index in [0.717, 1.165) is 0 Å². The Bertz CT molecular complexity index is 524. The maximum absolute atomic E-state index is 12.4. The fraction of sp³-hybridized carbons (Fsp3) is 0.429. The number of hydrogen-bond donors (Lipinski definition) is 0. The minimum absolute atomic E-state index is 0.165. The molecule has 1 aromatic carbocycles. The summed E-state index contributed by atoms with van der Waals surface area (Å²) in [5.41, 5.74) is 1.23. The van der Waals surface area contributed by atoms with Crippen LogP contribution >= 0.6 is 0 Å². The molecule has 0 N–H and O–H groups in total. The van der Waals surface area contributed by atoms with Crippen molar-refractivity contribution in [1.29, 1.82) is 5.26 Å². The number of halogens is 2. The standard InChI is InChI=1S/C14H15F2NO3/c1-3-9-5-10(7-13(18)19-4-2)12(20-14(15)16)6-11(9)8-17/h5-6,14H,3-4,7H2,1-2H3. The predicted octanol–water partition coefficient (Wildman–Crippen LogP) is 2.83. The number of nitriles is 1. The Morgan fingerprint density at radius 1 is 1.35 bits per heavy atom. The molecule has 0 aliphatic carbocycles. The molecule has 0 atom stereocenters. The van der Waals surface area contributed by atoms with Crippen LogP contribution in [0.25, 0.3) is 0 Å². The van der Waals surface area contributed by atoms with E-state index in [2.05, 4.69) is 4.74 Å². The van der Waals surface area contributed by atoms with Crippen molar-refractivity contribution in [2.45, 2.75) is 33.3 Å². The molecule has 0 unspecified atom stereocenters. The van der Waals surface area contributed by atoms with E-state index in [1.54, 1.807) is 6.92 Å². The van der Waals surface area contributed by atoms with E-state index in [0.29, 0.717) is 17.5 Å². The smallest absolute Gasteiger partial charge is 0.387 e. The van der Waals surface area contributed by atoms with Gasteiger partial charge >= 0.3 is 12.6 Å². The highest BCUT2D eigenvalue weighted by molar-refractivity contribution is 5.74. The van der Waals surface area contributed by atoms with Crippen LogP contribution in [0.4, 0.5) is 8.78 Å². The predicted molar refractivity (Wildman–Crippen MR) is 67.5 cm³/mol. The number of alkyl halides is 2. The molecule has 1 aromatic rings. The second kappa shape index (κ2) is 7.43. The number of aryl methyl sites for hydroxylation is 1. The number of hydrogen-bond acceptors (Lipinski definition) is 4. The first-order valence-electron chi connectivity index (χ1n) is 6.18. The molecule has 6 heteroatoms. The molecule has 0 fully saturated rings. The molecule has 20 heavy (non-hydrogen) atoms. The van der Waals surface area contributed by atoms with E-state index >= 15 is 0 Å². The Morgan fingerprint density at radius 2 is 2.05 bits per heavy atom. The molecule has 4 nitrogen and oxygen atoms in total. The number of esters is 1. The summed E-state index contributed by atoms with van der Waals surface area (Å²) in [6.07, 6.45) is 0.377. The lowest BCUT2D eigenvalue weighted by Crippen LogP contribution is -2.11. The van der Waals surface area contributed by atoms with Crippen molar-refractivity contribution >= 4 is 5.97 Å². The Balaban J connectivity index is 3.17. The zero-order valence-corrected chi connectivity index (χ0v) is 11.3. The summed E-state index contributed by atoms with van der Waals surface area (Å²) >= 11 is 0. The first-order valence-corrected chi connectivity index (χ1v) is 6.18. The lowest BCUT2D eigenvalue weighted by molar-refractivity contribution is -0.142. The monoisotopic (exact) mass is 283 g/mol. The third kappa shape index (κ3) is 4.19. The van der Waals surface area contributed by atoms with Crippen LogP contribution < -0.4 is 4.74 Å². The Labute approximate surface area is 115 Å². The van der Waals surface area contributed by atoms with Crippen LogP contribution in [-0.2, 0) is 22.4 Å². The summed E-state index contributed by atoms with van der Waals surface area (Å²) in [6.45, 7) is 0.679. The highest BCUT2D eigenvalue weighted by atomic mass is 19.3. The van der Waals surface area contributed by atoms with Crippen LogP contribution in [0.1, 0.15) is 30.5 Å². The van der Waals surface area contributed by atoms with E-state index in [-0.39, 0.29) is 24.3 Å². The molecule has 1 rings (SSSR count). The summed E-state index contributed by atoms with van der Waals surface area (Å²) in [5.74, 6) is -0.694. The van der Waals surface area contributed by atoms with E-state index in [1.165, 1.54) is 12.1 Å². The van der Waals surface area contributed by atoms with Gasteiger partial charge in [-0.15, -0.1) is 0 Å². The van der Waals surface area contributed by atoms with Crippen molar-refractivity contribution in [1.82, 2.24) is 0 Å². The van der Waals surface area contributed by atoms with Crippen LogP contribution in [0.5, 0.6) is 5.75 Å². The molecule has 0 aromatic heterocycles. The molecule has 0 saturated heterocycles. The van der Waals surface area contributed by atoms with Crippen molar-refractivity contribution in [3.8, 4) is 11.8 Å². The van der Waals surface area contributed by atoms with E-state index in [4.69, 9.17) is 10.00 Å². The zero-order valence-electron chi connectivity index (χ0n) is 11.3. The van der Waals surface area contributed by atoms with Gasteiger partial charge in [0.1, 0.15) is 5.75 Å². The number of rotatable bonds is 6. The van der Waals surface area contributed by atoms with Gasteiger partial charge in [-0.2, -0.15) is 14.0 Å². The maximum atomic E-state index is 12.4. The quantitative estimate of drug-likeness (QED) is 0.753. The van der Waals surface area contributed by atoms with Gasteiger partial charge in [-0.1, -0.05) is 13.0 Å². The summed E-state index contributed by atoms with van der Waals surface area (Å²) in [7, 11) is 0. The van der Waals surface area contributed by atoms with Crippen LogP contribution in [0.15, 0.2) is 12.1 Å². The Morgan fingerprint density at radius 3 is 2.55 bits per heavy atom. The van der Waals surface area contributed by atoms with Gasteiger partial charge in [-0.3, -0.25) is 4.79 Å². The number of ether oxygens (including phenoxy) is 2. The van der Waals surface area contributed by atoms with Crippen molar-refractivity contribution < 1.29 is 23.0 Å². The SMILES string of the molecule is CCOC(=O)Cc1cc(CC)c(C#N)cc1OC(F)F. The van der Waals surface area contributed by atoms with Gasteiger partial charge in [0.05, 0.1) is 24.7 Å². The van der Waals surface area contributed by atoms with Crippen molar-refractivity contribution in [2.75, 3.05) is 6.61 Å². The fourth-order valence-electron chi connectivity index (χ4n) is 1.78. The van der Waals surface area contributed by atoms with Crippen LogP contribution in [0.2, 0.25) is 0 Å². The molecule has 0 aliphatic rings. The molecule has 0 heterocycles. The van der Waals surface area contributed by atoms with Crippen LogP contribution in [0.3, 0.4) is 0 Å². The largest absolute Gasteiger partial charge is 0.466 e. The topological polar surface area (TPSA) is 59.3 Å². The van der Waals surface area contributed by atoms with Crippen molar-refractivity contribution in [3.63, 3.8) is 0 Å². The Kier molecular flexibility index (Phi) is 5.91. The molecular weight excluding hydrogens is 268 g/mol. The highest BCUT2D eigenvalue weighted by Crippen LogP contribution is 2.26. The Hall–Kier alpha value is -2.16. The average Bonchev–Trinajstić information content (AvgIpc) is 2.39. The molecule has 0 aliphatic heterocycles. The zero-order chi connectivity index (χ0) is 15.1. The lowest BCUT2D eigenvalue weighted by atomic mass is 10.00. The second-order valence-corrected chi connectivity index (χ2v) is 3.94. The highest BCUT2D eigenvalue weighted by Gasteiger charge is 2.16. The van der Waals surface area contributed by atoms with Crippen LogP contribution in [-0.4, -0.2) is 19.2 Å². The minimum Gasteiger partial charge on any atom is -0.466 e. The average molecular weight is 283 g/mol. The van der Waals surface area contributed by atoms with Crippen molar-refractivity contribution in [3.05, 3.63) is 28.8 Å². The third-order valence-corrected chi connectivity index (χ3v) is 2.64. The minimum atomic E-state index is -3.02. The fourth-order valence-corrected chi connectivity index (χ4v) is 1.78. The van der Waals surface area contributed by atoms with Gasteiger partial charge in [0.25, 0.3) is 0 Å². The molecular formula is C14H15F2NO3. The number of carbonyl (C=O) groups excluding carboxylic acids is 1. The third-order valence-electron chi connectivity index (χ3n) is 2.64. The van der Waals surface area contributed by atoms with Gasteiger partial charge in [-0.05, 0) is 25.0 Å². The summed E-state index contributed by atoms with van der Waals surface area (Å²) < 4.78 is 33.9.